The lowest BCUT2D eigenvalue weighted by atomic mass is 10.1. The van der Waals surface area contributed by atoms with Gasteiger partial charge in [0.2, 0.25) is 21.9 Å². The minimum absolute atomic E-state index is 0.138. The molecular formula is C16H15BrF6N4O4S. The van der Waals surface area contributed by atoms with Gasteiger partial charge < -0.3 is 15.2 Å². The predicted octanol–water partition coefficient (Wildman–Crippen LogP) is 3.82. The highest BCUT2D eigenvalue weighted by Crippen LogP contribution is 2.43. The molecule has 1 heterocycles. The Balaban J connectivity index is 2.63. The smallest absolute Gasteiger partial charge is 0.417 e. The summed E-state index contributed by atoms with van der Waals surface area (Å²) in [5.41, 5.74) is -5.05. The topological polar surface area (TPSA) is 127 Å². The Kier molecular flexibility index (Phi) is 7.33. The van der Waals surface area contributed by atoms with Crippen LogP contribution in [0.5, 0.6) is 5.88 Å². The van der Waals surface area contributed by atoms with Crippen LogP contribution in [0.3, 0.4) is 0 Å². The van der Waals surface area contributed by atoms with Gasteiger partial charge in [0.05, 0.1) is 27.9 Å². The molecule has 2 aromatic rings. The molecule has 0 saturated carbocycles. The molecule has 32 heavy (non-hydrogen) atoms. The molecule has 0 fully saturated rings. The van der Waals surface area contributed by atoms with Crippen LogP contribution in [-0.2, 0) is 22.4 Å². The maximum atomic E-state index is 13.4. The van der Waals surface area contributed by atoms with E-state index in [0.717, 1.165) is 6.20 Å². The molecule has 16 heteroatoms. The first-order chi connectivity index (χ1) is 14.4. The quantitative estimate of drug-likeness (QED) is 0.465. The zero-order valence-electron chi connectivity index (χ0n) is 16.1. The van der Waals surface area contributed by atoms with E-state index in [0.29, 0.717) is 0 Å². The molecule has 0 saturated heterocycles. The SMILES string of the molecule is C[C@@H](O)[C@@H](C)Oc1nc(Nc2cc(C(F)(F)F)c(S(N)(=O)=O)c(C(F)(F)F)c2)ncc1Br. The Labute approximate surface area is 186 Å². The van der Waals surface area contributed by atoms with Gasteiger partial charge >= 0.3 is 12.4 Å². The third-order valence-electron chi connectivity index (χ3n) is 3.93. The lowest BCUT2D eigenvalue weighted by molar-refractivity contribution is -0.147. The molecule has 0 amide bonds. The summed E-state index contributed by atoms with van der Waals surface area (Å²) in [6, 6.07) is 0.276. The predicted molar refractivity (Wildman–Crippen MR) is 103 cm³/mol. The number of aromatic nitrogens is 2. The van der Waals surface area contributed by atoms with E-state index in [4.69, 9.17) is 4.74 Å². The number of nitrogens with zero attached hydrogens (tertiary/aromatic N) is 2. The monoisotopic (exact) mass is 552 g/mol. The molecule has 0 aliphatic rings. The minimum atomic E-state index is -5.49. The average Bonchev–Trinajstić information content (AvgIpc) is 2.61. The van der Waals surface area contributed by atoms with Crippen molar-refractivity contribution in [3.63, 3.8) is 0 Å². The van der Waals surface area contributed by atoms with E-state index >= 15 is 0 Å². The summed E-state index contributed by atoms with van der Waals surface area (Å²) in [5.74, 6) is -0.630. The largest absolute Gasteiger partial charge is 0.471 e. The van der Waals surface area contributed by atoms with Crippen molar-refractivity contribution >= 4 is 37.6 Å². The van der Waals surface area contributed by atoms with Crippen molar-refractivity contribution in [2.75, 3.05) is 5.32 Å². The van der Waals surface area contributed by atoms with Crippen molar-refractivity contribution in [1.29, 1.82) is 0 Å². The fourth-order valence-electron chi connectivity index (χ4n) is 2.33. The average molecular weight is 553 g/mol. The summed E-state index contributed by atoms with van der Waals surface area (Å²) in [5, 5.41) is 16.3. The number of anilines is 2. The maximum Gasteiger partial charge on any atom is 0.417 e. The van der Waals surface area contributed by atoms with Gasteiger partial charge in [-0.25, -0.2) is 18.5 Å². The van der Waals surface area contributed by atoms with Crippen molar-refractivity contribution in [3.05, 3.63) is 33.9 Å². The van der Waals surface area contributed by atoms with Crippen LogP contribution < -0.4 is 15.2 Å². The summed E-state index contributed by atoms with van der Waals surface area (Å²) in [6.45, 7) is 2.91. The van der Waals surface area contributed by atoms with Gasteiger partial charge in [0.25, 0.3) is 0 Å². The van der Waals surface area contributed by atoms with E-state index in [1.807, 2.05) is 0 Å². The molecule has 0 spiro atoms. The highest BCUT2D eigenvalue weighted by atomic mass is 79.9. The molecule has 0 aliphatic carbocycles. The van der Waals surface area contributed by atoms with Crippen molar-refractivity contribution in [2.45, 2.75) is 43.3 Å². The zero-order chi connectivity index (χ0) is 24.6. The molecule has 178 valence electrons. The number of hydrogen-bond acceptors (Lipinski definition) is 7. The number of sulfonamides is 1. The number of primary sulfonamides is 1. The lowest BCUT2D eigenvalue weighted by Crippen LogP contribution is -2.26. The fourth-order valence-corrected chi connectivity index (χ4v) is 3.57. The summed E-state index contributed by atoms with van der Waals surface area (Å²) >= 11 is 3.06. The van der Waals surface area contributed by atoms with Gasteiger partial charge in [0, 0.05) is 5.69 Å². The van der Waals surface area contributed by atoms with Crippen LogP contribution in [0.4, 0.5) is 38.0 Å². The molecule has 0 aliphatic heterocycles. The molecule has 0 bridgehead atoms. The highest BCUT2D eigenvalue weighted by Gasteiger charge is 2.45. The third-order valence-corrected chi connectivity index (χ3v) is 5.48. The Morgan fingerprint density at radius 2 is 1.62 bits per heavy atom. The first-order valence-electron chi connectivity index (χ1n) is 8.40. The first-order valence-corrected chi connectivity index (χ1v) is 10.7. The molecule has 0 unspecified atom stereocenters. The Bertz CT molecular complexity index is 1070. The minimum Gasteiger partial charge on any atom is -0.471 e. The van der Waals surface area contributed by atoms with Gasteiger partial charge in [-0.2, -0.15) is 31.3 Å². The summed E-state index contributed by atoms with van der Waals surface area (Å²) in [4.78, 5) is 5.46. The number of rotatable bonds is 6. The second kappa shape index (κ2) is 8.99. The second-order valence-corrected chi connectivity index (χ2v) is 8.83. The van der Waals surface area contributed by atoms with Gasteiger partial charge in [0.15, 0.2) is 0 Å². The van der Waals surface area contributed by atoms with Crippen molar-refractivity contribution < 1.29 is 44.6 Å². The number of aliphatic hydroxyl groups is 1. The summed E-state index contributed by atoms with van der Waals surface area (Å²) in [7, 11) is -5.40. The number of aliphatic hydroxyl groups excluding tert-OH is 1. The molecule has 2 rings (SSSR count). The Morgan fingerprint density at radius 3 is 2.03 bits per heavy atom. The van der Waals surface area contributed by atoms with Crippen molar-refractivity contribution in [3.8, 4) is 5.88 Å². The van der Waals surface area contributed by atoms with Gasteiger partial charge in [-0.15, -0.1) is 0 Å². The van der Waals surface area contributed by atoms with E-state index in [9.17, 15) is 39.9 Å². The highest BCUT2D eigenvalue weighted by molar-refractivity contribution is 9.10. The van der Waals surface area contributed by atoms with Gasteiger partial charge in [0.1, 0.15) is 11.0 Å². The van der Waals surface area contributed by atoms with Crippen LogP contribution in [0.25, 0.3) is 0 Å². The van der Waals surface area contributed by atoms with Crippen molar-refractivity contribution in [1.82, 2.24) is 9.97 Å². The molecule has 4 N–H and O–H groups in total. The number of nitrogens with one attached hydrogen (secondary N) is 1. The van der Waals surface area contributed by atoms with E-state index in [2.05, 4.69) is 36.4 Å². The normalized spacial score (nSPS) is 14.7. The Hall–Kier alpha value is -2.17. The number of ether oxygens (including phenoxy) is 1. The zero-order valence-corrected chi connectivity index (χ0v) is 18.5. The molecule has 8 nitrogen and oxygen atoms in total. The van der Waals surface area contributed by atoms with E-state index in [1.165, 1.54) is 13.8 Å². The van der Waals surface area contributed by atoms with E-state index in [1.54, 1.807) is 0 Å². The third kappa shape index (κ3) is 6.20. The molecule has 1 aromatic carbocycles. The van der Waals surface area contributed by atoms with Crippen LogP contribution in [-0.4, -0.2) is 35.7 Å². The van der Waals surface area contributed by atoms with Crippen LogP contribution in [0.2, 0.25) is 0 Å². The molecule has 2 atom stereocenters. The lowest BCUT2D eigenvalue weighted by Gasteiger charge is -2.20. The van der Waals surface area contributed by atoms with Crippen LogP contribution >= 0.6 is 15.9 Å². The molecule has 1 aromatic heterocycles. The first kappa shape index (κ1) is 26.1. The maximum absolute atomic E-state index is 13.4. The number of halogens is 7. The molecule has 0 radical (unpaired) electrons. The van der Waals surface area contributed by atoms with Gasteiger partial charge in [-0.05, 0) is 41.9 Å². The molecular weight excluding hydrogens is 538 g/mol. The van der Waals surface area contributed by atoms with Crippen LogP contribution in [0.1, 0.15) is 25.0 Å². The standard InChI is InChI=1S/C16H15BrF6N4O4S/c1-6(28)7(2)31-13-11(17)5-25-14(27-13)26-8-3-9(15(18,19)20)12(32(24,29)30)10(4-8)16(21,22)23/h3-7,28H,1-2H3,(H2,24,29,30)(H,25,26,27)/t6-,7-/m1/s1. The fraction of sp³-hybridized carbons (Fsp3) is 0.375. The van der Waals surface area contributed by atoms with Crippen molar-refractivity contribution in [2.24, 2.45) is 5.14 Å². The summed E-state index contributed by atoms with van der Waals surface area (Å²) < 4.78 is 109. The summed E-state index contributed by atoms with van der Waals surface area (Å²) in [6.07, 6.45) is -11.6. The number of nitrogens with two attached hydrogens (primary N) is 1. The number of hydrogen-bond donors (Lipinski definition) is 3. The van der Waals surface area contributed by atoms with Crippen LogP contribution in [0.15, 0.2) is 27.7 Å². The number of benzene rings is 1. The van der Waals surface area contributed by atoms with E-state index < -0.39 is 62.2 Å². The number of alkyl halides is 6. The Morgan fingerprint density at radius 1 is 1.12 bits per heavy atom. The second-order valence-electron chi connectivity index (χ2n) is 6.48. The van der Waals surface area contributed by atoms with Gasteiger partial charge in [-0.1, -0.05) is 0 Å². The van der Waals surface area contributed by atoms with E-state index in [-0.39, 0.29) is 22.5 Å². The van der Waals surface area contributed by atoms with Crippen LogP contribution in [0, 0.1) is 0 Å². The van der Waals surface area contributed by atoms with Gasteiger partial charge in [-0.3, -0.25) is 0 Å².